The molecule has 0 fully saturated rings. The summed E-state index contributed by atoms with van der Waals surface area (Å²) < 4.78 is 67.2. The molecule has 0 heterocycles. The van der Waals surface area contributed by atoms with Crippen molar-refractivity contribution < 1.29 is 36.6 Å². The molecule has 0 aliphatic heterocycles. The van der Waals surface area contributed by atoms with Crippen molar-refractivity contribution in [3.8, 4) is 0 Å². The fraction of sp³-hybridized carbons (Fsp3) is 0.833. The number of hydrogen-bond acceptors (Lipinski definition) is 3. The van der Waals surface area contributed by atoms with E-state index in [9.17, 15) is 14.7 Å². The van der Waals surface area contributed by atoms with Crippen LogP contribution in [0.3, 0.4) is 0 Å². The van der Waals surface area contributed by atoms with Gasteiger partial charge in [-0.2, -0.15) is 0 Å². The lowest BCUT2D eigenvalue weighted by atomic mass is 9.88. The monoisotopic (exact) mass is 255 g/mol. The highest BCUT2D eigenvalue weighted by atomic mass is 16.4. The molecule has 0 aromatic rings. The number of likely N-dealkylation sites (N-methyl/N-ethyl adjacent to an activating group) is 1. The summed E-state index contributed by atoms with van der Waals surface area (Å²) in [6.45, 7) is -8.17. The Bertz CT molecular complexity index is 551. The first kappa shape index (κ1) is 6.29. The molecule has 1 unspecified atom stereocenters. The van der Waals surface area contributed by atoms with Crippen LogP contribution >= 0.6 is 0 Å². The summed E-state index contributed by atoms with van der Waals surface area (Å²) in [7, 11) is 4.37. The lowest BCUT2D eigenvalue weighted by Gasteiger charge is -2.34. The van der Waals surface area contributed by atoms with E-state index in [4.69, 9.17) is 17.4 Å². The Hall–Kier alpha value is -0.940. The Morgan fingerprint density at radius 1 is 1.47 bits per heavy atom. The summed E-state index contributed by atoms with van der Waals surface area (Å²) >= 11 is 0. The molecule has 1 atom stereocenters. The van der Waals surface area contributed by atoms with Crippen LogP contribution < -0.4 is 0 Å². The van der Waals surface area contributed by atoms with Gasteiger partial charge in [-0.15, -0.1) is 0 Å². The lowest BCUT2D eigenvalue weighted by Crippen LogP contribution is -2.55. The Labute approximate surface area is 115 Å². The number of ketones is 1. The van der Waals surface area contributed by atoms with Gasteiger partial charge in [-0.25, -0.2) is 0 Å². The summed E-state index contributed by atoms with van der Waals surface area (Å²) in [5.74, 6) is -7.56. The largest absolute Gasteiger partial charge is 0.481 e. The van der Waals surface area contributed by atoms with Crippen LogP contribution in [-0.4, -0.2) is 59.7 Å². The summed E-state index contributed by atoms with van der Waals surface area (Å²) in [6, 6.07) is 0. The summed E-state index contributed by atoms with van der Waals surface area (Å²) in [4.78, 5) is 23.8. The van der Waals surface area contributed by atoms with E-state index in [0.29, 0.717) is 0 Å². The molecule has 0 rings (SSSR count). The number of aliphatic carboxylic acids is 1. The third-order valence-electron chi connectivity index (χ3n) is 1.84. The van der Waals surface area contributed by atoms with Crippen LogP contribution in [0.1, 0.15) is 38.8 Å². The van der Waals surface area contributed by atoms with E-state index in [-0.39, 0.29) is 4.48 Å². The van der Waals surface area contributed by atoms with Gasteiger partial charge in [-0.05, 0) is 5.89 Å². The van der Waals surface area contributed by atoms with Crippen molar-refractivity contribution in [2.75, 3.05) is 27.7 Å². The van der Waals surface area contributed by atoms with E-state index in [1.54, 1.807) is 0 Å². The molecular weight excluding hydrogens is 222 g/mol. The minimum atomic E-state index is -3.92. The van der Waals surface area contributed by atoms with Crippen LogP contribution in [0.4, 0.5) is 0 Å². The number of quaternary nitrogens is 1. The second-order valence-corrected chi connectivity index (χ2v) is 4.88. The molecule has 0 bridgehead atoms. The van der Waals surface area contributed by atoms with Crippen molar-refractivity contribution in [2.45, 2.75) is 32.1 Å². The number of carbonyl (C=O) groups excluding carboxylic acids is 1. The quantitative estimate of drug-likeness (QED) is 0.650. The summed E-state index contributed by atoms with van der Waals surface area (Å²) in [6.07, 6.45) is -5.18. The third kappa shape index (κ3) is 6.38. The summed E-state index contributed by atoms with van der Waals surface area (Å²) in [5, 5.41) is 19.6. The number of carbonyl (C=O) groups is 2. The predicted molar refractivity (Wildman–Crippen MR) is 64.6 cm³/mol. The number of nitrogens with zero attached hydrogens (tertiary/aromatic N) is 1. The molecule has 0 spiro atoms. The maximum Gasteiger partial charge on any atom is 0.306 e. The molecule has 0 aromatic heterocycles. The Balaban J connectivity index is 6.52. The normalized spacial score (nSPS) is 26.5. The average molecular weight is 255 g/mol. The van der Waals surface area contributed by atoms with Crippen molar-refractivity contribution in [3.63, 3.8) is 0 Å². The highest BCUT2D eigenvalue weighted by molar-refractivity contribution is 5.91. The van der Waals surface area contributed by atoms with Crippen molar-refractivity contribution >= 4 is 11.8 Å². The molecule has 2 N–H and O–H groups in total. The maximum atomic E-state index is 12.7. The maximum absolute atomic E-state index is 12.7. The Morgan fingerprint density at radius 3 is 2.35 bits per heavy atom. The van der Waals surface area contributed by atoms with Gasteiger partial charge in [0, 0.05) is 18.7 Å². The van der Waals surface area contributed by atoms with Gasteiger partial charge >= 0.3 is 5.97 Å². The van der Waals surface area contributed by atoms with E-state index in [1.807, 2.05) is 0 Å². The molecular formula is C12H24NO4+. The smallest absolute Gasteiger partial charge is 0.306 e. The fourth-order valence-corrected chi connectivity index (χ4v) is 1.47. The molecule has 0 aliphatic carbocycles. The van der Waals surface area contributed by atoms with Gasteiger partial charge in [0.2, 0.25) is 0 Å². The Morgan fingerprint density at radius 2 is 2.00 bits per heavy atom. The fourth-order valence-electron chi connectivity index (χ4n) is 1.47. The van der Waals surface area contributed by atoms with E-state index in [2.05, 4.69) is 0 Å². The van der Waals surface area contributed by atoms with Crippen LogP contribution in [0.5, 0.6) is 0 Å². The minimum Gasteiger partial charge on any atom is -0.481 e. The van der Waals surface area contributed by atoms with E-state index < -0.39 is 56.3 Å². The van der Waals surface area contributed by atoms with Gasteiger partial charge in [0.05, 0.1) is 27.6 Å². The number of carboxylic acid groups (broad SMARTS) is 1. The highest BCUT2D eigenvalue weighted by Gasteiger charge is 2.42. The van der Waals surface area contributed by atoms with Crippen LogP contribution in [0.2, 0.25) is 0 Å². The third-order valence-corrected chi connectivity index (χ3v) is 1.84. The van der Waals surface area contributed by atoms with Crippen LogP contribution in [0, 0.1) is 5.89 Å². The van der Waals surface area contributed by atoms with Gasteiger partial charge in [-0.3, -0.25) is 9.59 Å². The molecule has 0 aromatic carbocycles. The molecule has 17 heavy (non-hydrogen) atoms. The van der Waals surface area contributed by atoms with Crippen LogP contribution in [-0.2, 0) is 9.59 Å². The standard InChI is InChI=1S/C12H23NO4/c1-9(2)6-10(14)12(17,7-11(15)16)8-13(3,4)5/h9,17H,6-8H2,1-5H3/p+1/i1D3,2D3,6D2,9D. The van der Waals surface area contributed by atoms with Gasteiger partial charge < -0.3 is 14.7 Å². The van der Waals surface area contributed by atoms with Crippen molar-refractivity contribution in [1.82, 2.24) is 0 Å². The van der Waals surface area contributed by atoms with Crippen molar-refractivity contribution in [3.05, 3.63) is 0 Å². The molecule has 5 nitrogen and oxygen atoms in total. The molecule has 0 radical (unpaired) electrons. The lowest BCUT2D eigenvalue weighted by molar-refractivity contribution is -0.875. The average Bonchev–Trinajstić information content (AvgIpc) is 2.30. The molecule has 5 heteroatoms. The minimum absolute atomic E-state index is 0.210. The number of hydrogen-bond donors (Lipinski definition) is 2. The molecule has 0 saturated heterocycles. The van der Waals surface area contributed by atoms with E-state index in [1.165, 1.54) is 21.1 Å². The number of aliphatic hydroxyl groups is 1. The number of Topliss-reactive ketones (excluding diaryl/α,β-unsaturated/α-hetero) is 1. The second kappa shape index (κ2) is 5.60. The second-order valence-electron chi connectivity index (χ2n) is 4.88. The van der Waals surface area contributed by atoms with Gasteiger partial charge in [0.1, 0.15) is 6.54 Å². The van der Waals surface area contributed by atoms with E-state index in [0.717, 1.165) is 0 Å². The first-order valence-corrected chi connectivity index (χ1v) is 4.82. The molecule has 0 saturated carbocycles. The van der Waals surface area contributed by atoms with Gasteiger partial charge in [0.25, 0.3) is 0 Å². The summed E-state index contributed by atoms with van der Waals surface area (Å²) in [5.41, 5.74) is -2.92. The van der Waals surface area contributed by atoms with Gasteiger partial charge in [0.15, 0.2) is 11.4 Å². The zero-order valence-corrected chi connectivity index (χ0v) is 10.1. The first-order valence-electron chi connectivity index (χ1n) is 9.32. The molecule has 0 aliphatic rings. The molecule has 100 valence electrons. The predicted octanol–water partition coefficient (Wildman–Crippen LogP) is 0.514. The number of carboxylic acids is 1. The Kier molecular flexibility index (Phi) is 2.07. The van der Waals surface area contributed by atoms with Crippen molar-refractivity contribution in [1.29, 1.82) is 0 Å². The van der Waals surface area contributed by atoms with E-state index >= 15 is 0 Å². The molecule has 0 amide bonds. The number of rotatable bonds is 7. The first-order chi connectivity index (χ1) is 11.0. The highest BCUT2D eigenvalue weighted by Crippen LogP contribution is 2.20. The van der Waals surface area contributed by atoms with Gasteiger partial charge in [-0.1, -0.05) is 13.7 Å². The zero-order valence-electron chi connectivity index (χ0n) is 19.1. The van der Waals surface area contributed by atoms with Crippen molar-refractivity contribution in [2.24, 2.45) is 5.89 Å². The SMILES string of the molecule is [2H]C([2H])([2H])C([2H])(C([2H])([2H])[2H])C([2H])([2H])C(=O)C(O)(CC(=O)O)C[N+](C)(C)C. The zero-order chi connectivity index (χ0) is 21.6. The van der Waals surface area contributed by atoms with Crippen LogP contribution in [0.15, 0.2) is 0 Å². The van der Waals surface area contributed by atoms with Crippen LogP contribution in [0.25, 0.3) is 0 Å². The topological polar surface area (TPSA) is 74.6 Å².